The van der Waals surface area contributed by atoms with E-state index in [0.29, 0.717) is 11.9 Å². The molecule has 1 unspecified atom stereocenters. The zero-order chi connectivity index (χ0) is 24.2. The molecule has 10 heteroatoms. The molecule has 0 aliphatic heterocycles. The van der Waals surface area contributed by atoms with Gasteiger partial charge in [-0.15, -0.1) is 0 Å². The summed E-state index contributed by atoms with van der Waals surface area (Å²) in [5.74, 6) is -1.39. The smallest absolute Gasteiger partial charge is 0.273 e. The number of para-hydroxylation sites is 1. The molecule has 3 aromatic rings. The standard InChI is InChI=1S/C23H27FN4O4S/c1-23(2,3)20(22(30)25-12-13-33(31)32)26-21(29)19-17-6-4-5-7-18(17)28(27-19)14-15-8-10-16(24)11-9-15/h4-11,20H,12-14H2,1-3H3,(H,25,30)(H,26,29)(H,31,32)/t20-/m1/s1. The zero-order valence-electron chi connectivity index (χ0n) is 18.7. The fraction of sp³-hybridized carbons (Fsp3) is 0.348. The monoisotopic (exact) mass is 474 g/mol. The van der Waals surface area contributed by atoms with Crippen LogP contribution < -0.4 is 10.6 Å². The highest BCUT2D eigenvalue weighted by molar-refractivity contribution is 7.79. The van der Waals surface area contributed by atoms with Crippen molar-refractivity contribution < 1.29 is 22.7 Å². The molecule has 8 nitrogen and oxygen atoms in total. The molecule has 0 fully saturated rings. The van der Waals surface area contributed by atoms with Crippen LogP contribution in [0.5, 0.6) is 0 Å². The number of hydrogen-bond donors (Lipinski definition) is 3. The van der Waals surface area contributed by atoms with Gasteiger partial charge in [-0.3, -0.25) is 14.3 Å². The van der Waals surface area contributed by atoms with Gasteiger partial charge in [0.05, 0.1) is 17.8 Å². The van der Waals surface area contributed by atoms with Crippen molar-refractivity contribution in [3.63, 3.8) is 0 Å². The van der Waals surface area contributed by atoms with Crippen LogP contribution in [-0.2, 0) is 22.4 Å². The third kappa shape index (κ3) is 6.23. The first-order valence-corrected chi connectivity index (χ1v) is 11.7. The maximum Gasteiger partial charge on any atom is 0.273 e. The number of aromatic nitrogens is 2. The Morgan fingerprint density at radius 3 is 2.45 bits per heavy atom. The molecule has 0 radical (unpaired) electrons. The molecule has 0 saturated heterocycles. The highest BCUT2D eigenvalue weighted by Crippen LogP contribution is 2.23. The molecule has 176 valence electrons. The van der Waals surface area contributed by atoms with Crippen molar-refractivity contribution >= 4 is 33.8 Å². The van der Waals surface area contributed by atoms with Gasteiger partial charge in [0.15, 0.2) is 16.8 Å². The second kappa shape index (κ2) is 10.2. The molecule has 3 rings (SSSR count). The van der Waals surface area contributed by atoms with E-state index < -0.39 is 34.4 Å². The Balaban J connectivity index is 1.86. The van der Waals surface area contributed by atoms with E-state index in [0.717, 1.165) is 11.1 Å². The molecule has 1 heterocycles. The molecule has 1 aromatic heterocycles. The number of benzene rings is 2. The van der Waals surface area contributed by atoms with E-state index >= 15 is 0 Å². The number of carbonyl (C=O) groups excluding carboxylic acids is 2. The van der Waals surface area contributed by atoms with Gasteiger partial charge in [0, 0.05) is 11.9 Å². The van der Waals surface area contributed by atoms with E-state index in [2.05, 4.69) is 15.7 Å². The third-order valence-electron chi connectivity index (χ3n) is 5.10. The Morgan fingerprint density at radius 1 is 1.15 bits per heavy atom. The van der Waals surface area contributed by atoms with Crippen molar-refractivity contribution in [2.75, 3.05) is 12.3 Å². The Morgan fingerprint density at radius 2 is 1.82 bits per heavy atom. The number of nitrogens with zero attached hydrogens (tertiary/aromatic N) is 2. The number of nitrogens with one attached hydrogen (secondary N) is 2. The summed E-state index contributed by atoms with van der Waals surface area (Å²) in [6.07, 6.45) is 0. The van der Waals surface area contributed by atoms with Crippen molar-refractivity contribution in [3.8, 4) is 0 Å². The molecular weight excluding hydrogens is 447 g/mol. The van der Waals surface area contributed by atoms with E-state index in [4.69, 9.17) is 4.55 Å². The summed E-state index contributed by atoms with van der Waals surface area (Å²) in [5.41, 5.74) is 1.11. The van der Waals surface area contributed by atoms with Gasteiger partial charge in [-0.2, -0.15) is 5.10 Å². The number of rotatable bonds is 8. The summed E-state index contributed by atoms with van der Waals surface area (Å²) in [6, 6.07) is 12.4. The van der Waals surface area contributed by atoms with E-state index in [9.17, 15) is 18.2 Å². The van der Waals surface area contributed by atoms with Crippen LogP contribution in [0.4, 0.5) is 4.39 Å². The molecule has 2 atom stereocenters. The second-order valence-electron chi connectivity index (χ2n) is 8.74. The Kier molecular flexibility index (Phi) is 7.60. The Labute approximate surface area is 193 Å². The fourth-order valence-electron chi connectivity index (χ4n) is 3.42. The first kappa shape index (κ1) is 24.5. The van der Waals surface area contributed by atoms with Crippen LogP contribution in [0.25, 0.3) is 10.9 Å². The van der Waals surface area contributed by atoms with Crippen molar-refractivity contribution in [3.05, 3.63) is 65.6 Å². The summed E-state index contributed by atoms with van der Waals surface area (Å²) in [4.78, 5) is 25.9. The first-order chi connectivity index (χ1) is 15.6. The third-order valence-corrected chi connectivity index (χ3v) is 5.65. The Bertz CT molecular complexity index is 1170. The fourth-order valence-corrected chi connectivity index (χ4v) is 3.69. The number of fused-ring (bicyclic) bond motifs is 1. The average Bonchev–Trinajstić information content (AvgIpc) is 3.11. The van der Waals surface area contributed by atoms with Gasteiger partial charge in [-0.1, -0.05) is 51.1 Å². The van der Waals surface area contributed by atoms with Crippen molar-refractivity contribution in [1.82, 2.24) is 20.4 Å². The molecule has 2 amide bonds. The summed E-state index contributed by atoms with van der Waals surface area (Å²) in [6.45, 7) is 5.79. The summed E-state index contributed by atoms with van der Waals surface area (Å²) in [7, 11) is 0. The summed E-state index contributed by atoms with van der Waals surface area (Å²) >= 11 is -2.02. The van der Waals surface area contributed by atoms with E-state index in [-0.39, 0.29) is 23.8 Å². The second-order valence-corrected chi connectivity index (χ2v) is 9.79. The van der Waals surface area contributed by atoms with Gasteiger partial charge in [0.1, 0.15) is 11.9 Å². The number of hydrogen-bond acceptors (Lipinski definition) is 4. The molecule has 0 aliphatic rings. The van der Waals surface area contributed by atoms with Gasteiger partial charge in [-0.05, 0) is 29.2 Å². The van der Waals surface area contributed by atoms with Crippen LogP contribution in [-0.4, -0.2) is 48.7 Å². The van der Waals surface area contributed by atoms with Gasteiger partial charge >= 0.3 is 0 Å². The Hall–Kier alpha value is -3.11. The maximum absolute atomic E-state index is 13.3. The van der Waals surface area contributed by atoms with Crippen LogP contribution in [0.2, 0.25) is 0 Å². The first-order valence-electron chi connectivity index (χ1n) is 10.4. The lowest BCUT2D eigenvalue weighted by Gasteiger charge is -2.30. The van der Waals surface area contributed by atoms with Gasteiger partial charge in [-0.25, -0.2) is 8.60 Å². The summed E-state index contributed by atoms with van der Waals surface area (Å²) < 4.78 is 34.7. The topological polar surface area (TPSA) is 113 Å². The minimum Gasteiger partial charge on any atom is -0.353 e. The molecule has 33 heavy (non-hydrogen) atoms. The molecular formula is C23H27FN4O4S. The largest absolute Gasteiger partial charge is 0.353 e. The normalized spacial score (nSPS) is 13.5. The van der Waals surface area contributed by atoms with Crippen LogP contribution in [0, 0.1) is 11.2 Å². The van der Waals surface area contributed by atoms with Crippen LogP contribution in [0.15, 0.2) is 48.5 Å². The highest BCUT2D eigenvalue weighted by Gasteiger charge is 2.34. The maximum atomic E-state index is 13.3. The van der Waals surface area contributed by atoms with Gasteiger partial charge in [0.25, 0.3) is 5.91 Å². The number of halogens is 1. The number of carbonyl (C=O) groups is 2. The SMILES string of the molecule is CC(C)(C)[C@H](NC(=O)c1nn(Cc2ccc(F)cc2)c2ccccc12)C(=O)NCCS(=O)O. The molecule has 0 saturated carbocycles. The van der Waals surface area contributed by atoms with Gasteiger partial charge in [0.2, 0.25) is 5.91 Å². The van der Waals surface area contributed by atoms with Crippen LogP contribution in [0.3, 0.4) is 0 Å². The van der Waals surface area contributed by atoms with Crippen molar-refractivity contribution in [1.29, 1.82) is 0 Å². The number of amides is 2. The zero-order valence-corrected chi connectivity index (χ0v) is 19.5. The molecule has 3 N–H and O–H groups in total. The quantitative estimate of drug-likeness (QED) is 0.435. The lowest BCUT2D eigenvalue weighted by molar-refractivity contribution is -0.125. The minimum atomic E-state index is -2.02. The van der Waals surface area contributed by atoms with Crippen LogP contribution >= 0.6 is 0 Å². The molecule has 0 aliphatic carbocycles. The van der Waals surface area contributed by atoms with Crippen molar-refractivity contribution in [2.24, 2.45) is 5.41 Å². The molecule has 0 spiro atoms. The van der Waals surface area contributed by atoms with Gasteiger partial charge < -0.3 is 15.2 Å². The van der Waals surface area contributed by atoms with E-state index in [1.807, 2.05) is 32.9 Å². The van der Waals surface area contributed by atoms with Crippen LogP contribution in [0.1, 0.15) is 36.8 Å². The minimum absolute atomic E-state index is 0.0135. The van der Waals surface area contributed by atoms with Crippen molar-refractivity contribution in [2.45, 2.75) is 33.4 Å². The van der Waals surface area contributed by atoms with E-state index in [1.165, 1.54) is 12.1 Å². The summed E-state index contributed by atoms with van der Waals surface area (Å²) in [5, 5.41) is 10.5. The average molecular weight is 475 g/mol. The lowest BCUT2D eigenvalue weighted by atomic mass is 9.86. The van der Waals surface area contributed by atoms with E-state index in [1.54, 1.807) is 28.9 Å². The highest BCUT2D eigenvalue weighted by atomic mass is 32.2. The predicted molar refractivity (Wildman–Crippen MR) is 125 cm³/mol. The lowest BCUT2D eigenvalue weighted by Crippen LogP contribution is -2.54. The predicted octanol–water partition coefficient (Wildman–Crippen LogP) is 2.71. The molecule has 2 aromatic carbocycles. The molecule has 0 bridgehead atoms.